The largest absolute Gasteiger partial charge is 0.451 e. The Hall–Kier alpha value is -2.08. The number of benzene rings is 1. The molecule has 6 heteroatoms. The Bertz CT molecular complexity index is 736. The van der Waals surface area contributed by atoms with Gasteiger partial charge in [0, 0.05) is 17.9 Å². The molecule has 0 N–H and O–H groups in total. The first-order valence-electron chi connectivity index (χ1n) is 7.28. The minimum Gasteiger partial charge on any atom is -0.451 e. The van der Waals surface area contributed by atoms with Crippen LogP contribution in [0.15, 0.2) is 46.5 Å². The predicted octanol–water partition coefficient (Wildman–Crippen LogP) is 3.94. The molecule has 0 saturated carbocycles. The fourth-order valence-corrected chi connectivity index (χ4v) is 3.12. The number of aromatic nitrogens is 4. The Morgan fingerprint density at radius 3 is 2.91 bits per heavy atom. The minimum absolute atomic E-state index is 0.728. The number of nitrogens with zero attached hydrogens (tertiary/aromatic N) is 4. The molecular weight excluding hydrogens is 296 g/mol. The Balaban J connectivity index is 1.88. The van der Waals surface area contributed by atoms with E-state index in [1.165, 1.54) is 12.0 Å². The van der Waals surface area contributed by atoms with Crippen molar-refractivity contribution in [1.29, 1.82) is 0 Å². The fourth-order valence-electron chi connectivity index (χ4n) is 2.27. The Labute approximate surface area is 133 Å². The lowest BCUT2D eigenvalue weighted by Gasteiger charge is -2.08. The van der Waals surface area contributed by atoms with E-state index in [-0.39, 0.29) is 0 Å². The van der Waals surface area contributed by atoms with Crippen molar-refractivity contribution in [3.05, 3.63) is 48.2 Å². The molecule has 0 radical (unpaired) electrons. The van der Waals surface area contributed by atoms with Crippen LogP contribution >= 0.6 is 11.8 Å². The summed E-state index contributed by atoms with van der Waals surface area (Å²) in [6.45, 7) is 5.15. The first-order chi connectivity index (χ1) is 10.8. The zero-order valence-corrected chi connectivity index (χ0v) is 13.5. The number of hydrogen-bond acceptors (Lipinski definition) is 5. The highest BCUT2D eigenvalue weighted by Gasteiger charge is 2.14. The third-order valence-corrected chi connectivity index (χ3v) is 4.27. The second-order valence-corrected chi connectivity index (χ2v) is 6.04. The molecule has 0 bridgehead atoms. The summed E-state index contributed by atoms with van der Waals surface area (Å²) in [5, 5.41) is 9.67. The summed E-state index contributed by atoms with van der Waals surface area (Å²) in [4.78, 5) is 4.14. The first-order valence-corrected chi connectivity index (χ1v) is 8.26. The summed E-state index contributed by atoms with van der Waals surface area (Å²) in [6.07, 6.45) is 4.15. The highest BCUT2D eigenvalue weighted by molar-refractivity contribution is 7.98. The van der Waals surface area contributed by atoms with Gasteiger partial charge in [-0.15, -0.1) is 10.2 Å². The quantitative estimate of drug-likeness (QED) is 0.645. The maximum atomic E-state index is 5.00. The minimum atomic E-state index is 0.728. The maximum Gasteiger partial charge on any atom is 0.191 e. The van der Waals surface area contributed by atoms with E-state index in [4.69, 9.17) is 4.42 Å². The van der Waals surface area contributed by atoms with Gasteiger partial charge in [0.1, 0.15) is 6.26 Å². The number of hydrogen-bond donors (Lipinski definition) is 0. The van der Waals surface area contributed by atoms with Gasteiger partial charge in [0.2, 0.25) is 0 Å². The zero-order valence-electron chi connectivity index (χ0n) is 12.7. The van der Waals surface area contributed by atoms with Crippen molar-refractivity contribution in [2.24, 2.45) is 0 Å². The van der Waals surface area contributed by atoms with Crippen molar-refractivity contribution in [3.63, 3.8) is 0 Å². The monoisotopic (exact) mass is 314 g/mol. The van der Waals surface area contributed by atoms with Gasteiger partial charge in [-0.25, -0.2) is 4.98 Å². The first kappa shape index (κ1) is 14.8. The summed E-state index contributed by atoms with van der Waals surface area (Å²) in [5.41, 5.74) is 3.24. The molecular formula is C16H18N4OS. The smallest absolute Gasteiger partial charge is 0.191 e. The molecule has 2 aromatic heterocycles. The Morgan fingerprint density at radius 1 is 1.27 bits per heavy atom. The van der Waals surface area contributed by atoms with Crippen LogP contribution in [0.5, 0.6) is 0 Å². The normalized spacial score (nSPS) is 11.0. The van der Waals surface area contributed by atoms with Crippen LogP contribution in [0.4, 0.5) is 0 Å². The van der Waals surface area contributed by atoms with Crippen molar-refractivity contribution in [2.45, 2.75) is 37.7 Å². The second kappa shape index (κ2) is 6.79. The van der Waals surface area contributed by atoms with E-state index in [1.807, 2.05) is 0 Å². The van der Waals surface area contributed by atoms with E-state index in [2.05, 4.69) is 57.9 Å². The molecule has 1 aromatic carbocycles. The van der Waals surface area contributed by atoms with Crippen LogP contribution in [-0.4, -0.2) is 19.7 Å². The molecule has 0 fully saturated rings. The molecule has 0 aliphatic rings. The molecule has 22 heavy (non-hydrogen) atoms. The van der Waals surface area contributed by atoms with Crippen LogP contribution in [0.25, 0.3) is 11.4 Å². The van der Waals surface area contributed by atoms with E-state index in [9.17, 15) is 0 Å². The van der Waals surface area contributed by atoms with Crippen molar-refractivity contribution in [3.8, 4) is 11.4 Å². The van der Waals surface area contributed by atoms with Crippen molar-refractivity contribution < 1.29 is 4.42 Å². The van der Waals surface area contributed by atoms with Crippen LogP contribution in [-0.2, 0) is 12.3 Å². The van der Waals surface area contributed by atoms with E-state index in [1.54, 1.807) is 18.0 Å². The SMILES string of the molecule is CCCn1c(SCc2cocn2)nnc1-c1cccc(C)c1. The van der Waals surface area contributed by atoms with Gasteiger partial charge in [-0.2, -0.15) is 0 Å². The van der Waals surface area contributed by atoms with Gasteiger partial charge in [-0.3, -0.25) is 0 Å². The van der Waals surface area contributed by atoms with Crippen LogP contribution in [0.1, 0.15) is 24.6 Å². The summed E-state index contributed by atoms with van der Waals surface area (Å²) < 4.78 is 7.18. The number of thioether (sulfide) groups is 1. The molecule has 5 nitrogen and oxygen atoms in total. The van der Waals surface area contributed by atoms with Crippen LogP contribution in [0, 0.1) is 6.92 Å². The molecule has 114 valence electrons. The van der Waals surface area contributed by atoms with Gasteiger partial charge in [0.15, 0.2) is 17.4 Å². The molecule has 0 spiro atoms. The number of rotatable bonds is 6. The molecule has 3 aromatic rings. The van der Waals surface area contributed by atoms with E-state index in [0.29, 0.717) is 0 Å². The van der Waals surface area contributed by atoms with Crippen molar-refractivity contribution in [2.75, 3.05) is 0 Å². The van der Waals surface area contributed by atoms with Crippen molar-refractivity contribution >= 4 is 11.8 Å². The lowest BCUT2D eigenvalue weighted by atomic mass is 10.1. The predicted molar refractivity (Wildman–Crippen MR) is 86.6 cm³/mol. The number of aryl methyl sites for hydroxylation is 1. The van der Waals surface area contributed by atoms with Gasteiger partial charge in [0.05, 0.1) is 5.69 Å². The maximum absolute atomic E-state index is 5.00. The third kappa shape index (κ3) is 3.22. The van der Waals surface area contributed by atoms with Gasteiger partial charge in [0.25, 0.3) is 0 Å². The van der Waals surface area contributed by atoms with Gasteiger partial charge in [-0.05, 0) is 19.4 Å². The molecule has 0 atom stereocenters. The fraction of sp³-hybridized carbons (Fsp3) is 0.312. The number of oxazole rings is 1. The standard InChI is InChI=1S/C16H18N4OS/c1-3-7-20-15(13-6-4-5-12(2)8-13)18-19-16(20)22-10-14-9-21-11-17-14/h4-6,8-9,11H,3,7,10H2,1-2H3. The third-order valence-electron chi connectivity index (χ3n) is 3.27. The average molecular weight is 314 g/mol. The van der Waals surface area contributed by atoms with Crippen LogP contribution < -0.4 is 0 Å². The highest BCUT2D eigenvalue weighted by atomic mass is 32.2. The lowest BCUT2D eigenvalue weighted by molar-refractivity contribution is 0.557. The molecule has 2 heterocycles. The van der Waals surface area contributed by atoms with E-state index < -0.39 is 0 Å². The average Bonchev–Trinajstić information content (AvgIpc) is 3.15. The van der Waals surface area contributed by atoms with Gasteiger partial charge >= 0.3 is 0 Å². The second-order valence-electron chi connectivity index (χ2n) is 5.10. The summed E-state index contributed by atoms with van der Waals surface area (Å²) in [7, 11) is 0. The molecule has 0 saturated heterocycles. The molecule has 0 aliphatic carbocycles. The van der Waals surface area contributed by atoms with Gasteiger partial charge in [-0.1, -0.05) is 42.4 Å². The highest BCUT2D eigenvalue weighted by Crippen LogP contribution is 2.26. The summed E-state index contributed by atoms with van der Waals surface area (Å²) in [6, 6.07) is 8.36. The lowest BCUT2D eigenvalue weighted by Crippen LogP contribution is -2.02. The van der Waals surface area contributed by atoms with E-state index >= 15 is 0 Å². The summed E-state index contributed by atoms with van der Waals surface area (Å²) >= 11 is 1.63. The molecule has 0 amide bonds. The van der Waals surface area contributed by atoms with Gasteiger partial charge < -0.3 is 8.98 Å². The topological polar surface area (TPSA) is 56.7 Å². The van der Waals surface area contributed by atoms with Crippen LogP contribution in [0.3, 0.4) is 0 Å². The van der Waals surface area contributed by atoms with E-state index in [0.717, 1.165) is 41.0 Å². The molecule has 0 unspecified atom stereocenters. The zero-order chi connectivity index (χ0) is 15.4. The Morgan fingerprint density at radius 2 is 2.18 bits per heavy atom. The molecule has 0 aliphatic heterocycles. The van der Waals surface area contributed by atoms with Crippen LogP contribution in [0.2, 0.25) is 0 Å². The summed E-state index contributed by atoms with van der Waals surface area (Å²) in [5.74, 6) is 1.65. The van der Waals surface area contributed by atoms with Crippen molar-refractivity contribution in [1.82, 2.24) is 19.7 Å². The molecule has 3 rings (SSSR count). The Kier molecular flexibility index (Phi) is 4.58.